The summed E-state index contributed by atoms with van der Waals surface area (Å²) in [6, 6.07) is 8.33. The summed E-state index contributed by atoms with van der Waals surface area (Å²) in [6.07, 6.45) is 9.40. The lowest BCUT2D eigenvalue weighted by Crippen LogP contribution is -2.51. The number of piperidine rings is 1. The number of aryl methyl sites for hydroxylation is 2. The van der Waals surface area contributed by atoms with Gasteiger partial charge < -0.3 is 14.6 Å². The predicted molar refractivity (Wildman–Crippen MR) is 108 cm³/mol. The molecular weight excluding hydrogens is 352 g/mol. The van der Waals surface area contributed by atoms with Crippen molar-refractivity contribution in [2.24, 2.45) is 13.0 Å². The standard InChI is InChI=1S/C22H30N4O2/c1-25-13-19(23-16-25)14-26-11-10-20-18(12-26)8-3-2-6-17-7-4-5-9-21(17)28-15-22(27)24-20/h4-5,7,9,13,16,18,20H,2-3,6,8,10-12,14-15H2,1H3,(H,24,27)/t18-,20+/m0/s1. The zero-order valence-electron chi connectivity index (χ0n) is 16.6. The second-order valence-corrected chi connectivity index (χ2v) is 8.13. The lowest BCUT2D eigenvalue weighted by Gasteiger charge is -2.39. The number of nitrogens with one attached hydrogen (secondary N) is 1. The molecule has 1 aromatic heterocycles. The van der Waals surface area contributed by atoms with Crippen LogP contribution in [-0.4, -0.2) is 46.1 Å². The summed E-state index contributed by atoms with van der Waals surface area (Å²) in [5.41, 5.74) is 2.32. The van der Waals surface area contributed by atoms with E-state index in [0.29, 0.717) is 5.92 Å². The fourth-order valence-corrected chi connectivity index (χ4v) is 4.48. The van der Waals surface area contributed by atoms with Gasteiger partial charge in [-0.15, -0.1) is 0 Å². The first-order valence-corrected chi connectivity index (χ1v) is 10.4. The maximum atomic E-state index is 12.5. The first-order valence-electron chi connectivity index (χ1n) is 10.4. The van der Waals surface area contributed by atoms with E-state index in [2.05, 4.69) is 27.5 Å². The molecule has 0 unspecified atom stereocenters. The van der Waals surface area contributed by atoms with Crippen LogP contribution in [0.15, 0.2) is 36.8 Å². The largest absolute Gasteiger partial charge is 0.483 e. The van der Waals surface area contributed by atoms with Crippen LogP contribution in [0.25, 0.3) is 0 Å². The molecule has 2 aliphatic rings. The Kier molecular flexibility index (Phi) is 5.95. The van der Waals surface area contributed by atoms with Gasteiger partial charge in [0.15, 0.2) is 6.61 Å². The molecule has 2 aliphatic heterocycles. The van der Waals surface area contributed by atoms with Gasteiger partial charge >= 0.3 is 0 Å². The highest BCUT2D eigenvalue weighted by Crippen LogP contribution is 2.26. The molecule has 0 spiro atoms. The average Bonchev–Trinajstić information content (AvgIpc) is 3.10. The van der Waals surface area contributed by atoms with Gasteiger partial charge in [-0.3, -0.25) is 9.69 Å². The highest BCUT2D eigenvalue weighted by molar-refractivity contribution is 5.78. The first kappa shape index (κ1) is 19.0. The van der Waals surface area contributed by atoms with Crippen LogP contribution in [0.1, 0.15) is 36.9 Å². The maximum absolute atomic E-state index is 12.5. The lowest BCUT2D eigenvalue weighted by molar-refractivity contribution is -0.124. The van der Waals surface area contributed by atoms with E-state index >= 15 is 0 Å². The lowest BCUT2D eigenvalue weighted by atomic mass is 9.87. The molecule has 4 rings (SSSR count). The second-order valence-electron chi connectivity index (χ2n) is 8.13. The molecule has 1 fully saturated rings. The van der Waals surface area contributed by atoms with E-state index in [1.807, 2.05) is 36.1 Å². The number of fused-ring (bicyclic) bond motifs is 2. The minimum atomic E-state index is -0.0106. The summed E-state index contributed by atoms with van der Waals surface area (Å²) in [5.74, 6) is 1.32. The molecule has 1 aromatic carbocycles. The Morgan fingerprint density at radius 3 is 3.00 bits per heavy atom. The van der Waals surface area contributed by atoms with Gasteiger partial charge in [-0.05, 0) is 43.2 Å². The smallest absolute Gasteiger partial charge is 0.258 e. The molecule has 1 amide bonds. The van der Waals surface area contributed by atoms with Crippen LogP contribution >= 0.6 is 0 Å². The number of hydrogen-bond donors (Lipinski definition) is 1. The Balaban J connectivity index is 1.41. The van der Waals surface area contributed by atoms with E-state index in [0.717, 1.165) is 56.8 Å². The summed E-state index contributed by atoms with van der Waals surface area (Å²) in [5, 5.41) is 3.25. The summed E-state index contributed by atoms with van der Waals surface area (Å²) >= 11 is 0. The van der Waals surface area contributed by atoms with E-state index in [1.165, 1.54) is 12.0 Å². The minimum Gasteiger partial charge on any atom is -0.483 e. The zero-order valence-corrected chi connectivity index (χ0v) is 16.6. The third kappa shape index (κ3) is 4.73. The summed E-state index contributed by atoms with van der Waals surface area (Å²) in [7, 11) is 2.01. The van der Waals surface area contributed by atoms with Gasteiger partial charge in [-0.2, -0.15) is 0 Å². The van der Waals surface area contributed by atoms with E-state index in [4.69, 9.17) is 4.74 Å². The van der Waals surface area contributed by atoms with Crippen LogP contribution in [0, 0.1) is 5.92 Å². The monoisotopic (exact) mass is 382 g/mol. The first-order chi connectivity index (χ1) is 13.7. The molecular formula is C22H30N4O2. The number of amides is 1. The van der Waals surface area contributed by atoms with Crippen LogP contribution in [0.2, 0.25) is 0 Å². The normalized spacial score (nSPS) is 24.1. The van der Waals surface area contributed by atoms with Crippen LogP contribution in [0.3, 0.4) is 0 Å². The number of ether oxygens (including phenoxy) is 1. The van der Waals surface area contributed by atoms with Crippen molar-refractivity contribution in [3.63, 3.8) is 0 Å². The zero-order chi connectivity index (χ0) is 19.3. The average molecular weight is 383 g/mol. The van der Waals surface area contributed by atoms with Gasteiger partial charge in [0.25, 0.3) is 5.91 Å². The number of nitrogens with zero attached hydrogens (tertiary/aromatic N) is 3. The van der Waals surface area contributed by atoms with Crippen molar-refractivity contribution in [1.82, 2.24) is 19.8 Å². The summed E-state index contributed by atoms with van der Waals surface area (Å²) in [4.78, 5) is 19.4. The summed E-state index contributed by atoms with van der Waals surface area (Å²) < 4.78 is 7.82. The quantitative estimate of drug-likeness (QED) is 0.867. The minimum absolute atomic E-state index is 0.0106. The molecule has 2 atom stereocenters. The molecule has 6 heteroatoms. The van der Waals surface area contributed by atoms with Crippen molar-refractivity contribution in [2.45, 2.75) is 44.7 Å². The number of hydrogen-bond acceptors (Lipinski definition) is 4. The number of para-hydroxylation sites is 1. The number of aromatic nitrogens is 2. The van der Waals surface area contributed by atoms with E-state index in [-0.39, 0.29) is 18.6 Å². The van der Waals surface area contributed by atoms with E-state index in [9.17, 15) is 4.79 Å². The maximum Gasteiger partial charge on any atom is 0.258 e. The van der Waals surface area contributed by atoms with Crippen molar-refractivity contribution in [1.29, 1.82) is 0 Å². The molecule has 6 nitrogen and oxygen atoms in total. The molecule has 0 saturated carbocycles. The van der Waals surface area contributed by atoms with Gasteiger partial charge in [-0.1, -0.05) is 24.6 Å². The van der Waals surface area contributed by atoms with Crippen LogP contribution in [0.4, 0.5) is 0 Å². The van der Waals surface area contributed by atoms with E-state index < -0.39 is 0 Å². The molecule has 28 heavy (non-hydrogen) atoms. The predicted octanol–water partition coefficient (Wildman–Crippen LogP) is 2.53. The Bertz CT molecular complexity index is 803. The third-order valence-electron chi connectivity index (χ3n) is 5.91. The Hall–Kier alpha value is -2.34. The number of carbonyl (C=O) groups excluding carboxylic acids is 1. The van der Waals surface area contributed by atoms with Crippen molar-refractivity contribution in [3.8, 4) is 5.75 Å². The highest BCUT2D eigenvalue weighted by atomic mass is 16.5. The molecule has 1 N–H and O–H groups in total. The molecule has 0 bridgehead atoms. The van der Waals surface area contributed by atoms with Gasteiger partial charge in [0.2, 0.25) is 0 Å². The SMILES string of the molecule is Cn1cnc(CN2CC[C@H]3NC(=O)COc4ccccc4CCCC[C@H]3C2)c1. The van der Waals surface area contributed by atoms with Gasteiger partial charge in [0.1, 0.15) is 5.75 Å². The van der Waals surface area contributed by atoms with Crippen molar-refractivity contribution >= 4 is 5.91 Å². The fraction of sp³-hybridized carbons (Fsp3) is 0.545. The number of rotatable bonds is 2. The second kappa shape index (κ2) is 8.78. The molecule has 1 saturated heterocycles. The van der Waals surface area contributed by atoms with E-state index in [1.54, 1.807) is 0 Å². The topological polar surface area (TPSA) is 59.4 Å². The van der Waals surface area contributed by atoms with Gasteiger partial charge in [0, 0.05) is 38.9 Å². The number of imidazole rings is 1. The number of carbonyl (C=O) groups is 1. The van der Waals surface area contributed by atoms with Crippen LogP contribution < -0.4 is 10.1 Å². The van der Waals surface area contributed by atoms with Gasteiger partial charge in [-0.25, -0.2) is 4.98 Å². The molecule has 0 aliphatic carbocycles. The number of likely N-dealkylation sites (tertiary alicyclic amines) is 1. The Morgan fingerprint density at radius 2 is 2.14 bits per heavy atom. The molecule has 150 valence electrons. The molecule has 3 heterocycles. The summed E-state index contributed by atoms with van der Waals surface area (Å²) in [6.45, 7) is 2.98. The molecule has 2 aromatic rings. The van der Waals surface area contributed by atoms with Crippen molar-refractivity contribution in [2.75, 3.05) is 19.7 Å². The molecule has 0 radical (unpaired) electrons. The highest BCUT2D eigenvalue weighted by Gasteiger charge is 2.30. The van der Waals surface area contributed by atoms with Gasteiger partial charge in [0.05, 0.1) is 12.0 Å². The number of benzene rings is 1. The Morgan fingerprint density at radius 1 is 1.25 bits per heavy atom. The van der Waals surface area contributed by atoms with Crippen molar-refractivity contribution < 1.29 is 9.53 Å². The van der Waals surface area contributed by atoms with Crippen LogP contribution in [0.5, 0.6) is 5.75 Å². The Labute approximate surface area is 166 Å². The van der Waals surface area contributed by atoms with Crippen LogP contribution in [-0.2, 0) is 24.8 Å². The third-order valence-corrected chi connectivity index (χ3v) is 5.91. The fourth-order valence-electron chi connectivity index (χ4n) is 4.48. The van der Waals surface area contributed by atoms with Crippen molar-refractivity contribution in [3.05, 3.63) is 48.0 Å².